The summed E-state index contributed by atoms with van der Waals surface area (Å²) in [4.78, 5) is 27.8. The predicted octanol–water partition coefficient (Wildman–Crippen LogP) is -0.581. The number of H-pyrrole nitrogens is 1. The van der Waals surface area contributed by atoms with E-state index in [-0.39, 0.29) is 31.9 Å². The number of nitrogens with zero attached hydrogens (tertiary/aromatic N) is 1. The van der Waals surface area contributed by atoms with E-state index in [0.717, 1.165) is 0 Å². The molecule has 18 heavy (non-hydrogen) atoms. The summed E-state index contributed by atoms with van der Waals surface area (Å²) >= 11 is 0. The van der Waals surface area contributed by atoms with E-state index in [2.05, 4.69) is 4.98 Å². The Bertz CT molecular complexity index is 475. The van der Waals surface area contributed by atoms with Crippen LogP contribution in [0.3, 0.4) is 0 Å². The fourth-order valence-corrected chi connectivity index (χ4v) is 1.83. The Balaban J connectivity index is 3.12. The summed E-state index contributed by atoms with van der Waals surface area (Å²) < 4.78 is 0. The lowest BCUT2D eigenvalue weighted by Crippen LogP contribution is -2.39. The van der Waals surface area contributed by atoms with Crippen molar-refractivity contribution in [1.82, 2.24) is 9.88 Å². The summed E-state index contributed by atoms with van der Waals surface area (Å²) in [5.41, 5.74) is 0.882. The van der Waals surface area contributed by atoms with Gasteiger partial charge in [-0.25, -0.2) is 0 Å². The van der Waals surface area contributed by atoms with Gasteiger partial charge in [-0.3, -0.25) is 9.59 Å². The second-order valence-corrected chi connectivity index (χ2v) is 4.08. The molecule has 0 saturated carbocycles. The van der Waals surface area contributed by atoms with Gasteiger partial charge in [-0.05, 0) is 25.5 Å². The first-order valence-corrected chi connectivity index (χ1v) is 5.72. The summed E-state index contributed by atoms with van der Waals surface area (Å²) in [5, 5.41) is 17.8. The zero-order valence-corrected chi connectivity index (χ0v) is 10.6. The molecule has 0 aliphatic heterocycles. The smallest absolute Gasteiger partial charge is 0.261 e. The molecule has 6 nitrogen and oxygen atoms in total. The molecule has 0 saturated heterocycles. The van der Waals surface area contributed by atoms with Gasteiger partial charge in [-0.2, -0.15) is 0 Å². The summed E-state index contributed by atoms with van der Waals surface area (Å²) in [7, 11) is 0. The molecule has 0 unspecified atom stereocenters. The lowest BCUT2D eigenvalue weighted by atomic mass is 10.1. The number of carbonyl (C=O) groups is 1. The van der Waals surface area contributed by atoms with Gasteiger partial charge in [0.1, 0.15) is 5.56 Å². The molecule has 3 N–H and O–H groups in total. The van der Waals surface area contributed by atoms with Crippen LogP contribution in [0.15, 0.2) is 10.9 Å². The minimum absolute atomic E-state index is 0.0579. The first-order valence-electron chi connectivity index (χ1n) is 5.72. The van der Waals surface area contributed by atoms with E-state index in [9.17, 15) is 9.59 Å². The topological polar surface area (TPSA) is 93.6 Å². The van der Waals surface area contributed by atoms with Crippen LogP contribution in [0.25, 0.3) is 0 Å². The van der Waals surface area contributed by atoms with Crippen LogP contribution in [0.4, 0.5) is 0 Å². The maximum absolute atomic E-state index is 12.2. The normalized spacial score (nSPS) is 10.4. The molecule has 0 spiro atoms. The lowest BCUT2D eigenvalue weighted by molar-refractivity contribution is 0.0682. The van der Waals surface area contributed by atoms with Gasteiger partial charge < -0.3 is 20.1 Å². The molecule has 1 heterocycles. The number of amides is 1. The Labute approximate surface area is 105 Å². The van der Waals surface area contributed by atoms with Gasteiger partial charge in [0.2, 0.25) is 0 Å². The number of nitrogens with one attached hydrogen (secondary N) is 1. The van der Waals surface area contributed by atoms with Crippen LogP contribution in [0.5, 0.6) is 0 Å². The van der Waals surface area contributed by atoms with E-state index in [1.165, 1.54) is 4.90 Å². The third kappa shape index (κ3) is 3.18. The molecular formula is C12H18N2O4. The quantitative estimate of drug-likeness (QED) is 0.655. The molecule has 0 bridgehead atoms. The maximum Gasteiger partial charge on any atom is 0.261 e. The number of pyridine rings is 1. The molecule has 0 fully saturated rings. The molecule has 6 heteroatoms. The highest BCUT2D eigenvalue weighted by Gasteiger charge is 2.20. The molecule has 0 atom stereocenters. The number of aromatic amines is 1. The number of hydrogen-bond acceptors (Lipinski definition) is 4. The standard InChI is InChI=1S/C12H18N2O4/c1-8-7-9(2)13-11(17)10(8)12(18)14(3-5-15)4-6-16/h7,15-16H,3-6H2,1-2H3,(H,13,17). The van der Waals surface area contributed by atoms with Crippen LogP contribution in [-0.2, 0) is 0 Å². The Hall–Kier alpha value is -1.66. The van der Waals surface area contributed by atoms with Crippen molar-refractivity contribution in [2.45, 2.75) is 13.8 Å². The number of rotatable bonds is 5. The van der Waals surface area contributed by atoms with Crippen molar-refractivity contribution in [3.05, 3.63) is 33.2 Å². The third-order valence-electron chi connectivity index (χ3n) is 2.61. The molecule has 1 rings (SSSR count). The van der Waals surface area contributed by atoms with E-state index < -0.39 is 11.5 Å². The zero-order chi connectivity index (χ0) is 13.7. The molecule has 0 radical (unpaired) electrons. The first kappa shape index (κ1) is 14.4. The van der Waals surface area contributed by atoms with Gasteiger partial charge in [0.05, 0.1) is 13.2 Å². The van der Waals surface area contributed by atoms with Crippen LogP contribution in [0.2, 0.25) is 0 Å². The van der Waals surface area contributed by atoms with Gasteiger partial charge in [-0.15, -0.1) is 0 Å². The van der Waals surface area contributed by atoms with Crippen molar-refractivity contribution in [2.75, 3.05) is 26.3 Å². The Morgan fingerprint density at radius 1 is 1.28 bits per heavy atom. The number of aliphatic hydroxyl groups is 2. The van der Waals surface area contributed by atoms with Crippen molar-refractivity contribution in [1.29, 1.82) is 0 Å². The first-order chi connectivity index (χ1) is 8.51. The van der Waals surface area contributed by atoms with Gasteiger partial charge >= 0.3 is 0 Å². The van der Waals surface area contributed by atoms with E-state index >= 15 is 0 Å². The van der Waals surface area contributed by atoms with Crippen LogP contribution < -0.4 is 5.56 Å². The van der Waals surface area contributed by atoms with E-state index in [1.54, 1.807) is 19.9 Å². The predicted molar refractivity (Wildman–Crippen MR) is 66.6 cm³/mol. The fourth-order valence-electron chi connectivity index (χ4n) is 1.83. The van der Waals surface area contributed by atoms with Crippen molar-refractivity contribution in [2.24, 2.45) is 0 Å². The number of aromatic nitrogens is 1. The summed E-state index contributed by atoms with van der Waals surface area (Å²) in [5.74, 6) is -0.475. The second-order valence-electron chi connectivity index (χ2n) is 4.08. The molecular weight excluding hydrogens is 236 g/mol. The molecule has 1 aromatic rings. The number of aliphatic hydroxyl groups excluding tert-OH is 2. The van der Waals surface area contributed by atoms with Crippen molar-refractivity contribution < 1.29 is 15.0 Å². The number of aryl methyl sites for hydroxylation is 2. The van der Waals surface area contributed by atoms with Gasteiger partial charge in [0, 0.05) is 18.8 Å². The lowest BCUT2D eigenvalue weighted by Gasteiger charge is -2.21. The molecule has 0 aliphatic rings. The third-order valence-corrected chi connectivity index (χ3v) is 2.61. The Kier molecular flexibility index (Phi) is 5.06. The van der Waals surface area contributed by atoms with E-state index in [0.29, 0.717) is 11.3 Å². The minimum Gasteiger partial charge on any atom is -0.395 e. The minimum atomic E-state index is -0.475. The zero-order valence-electron chi connectivity index (χ0n) is 10.6. The molecule has 100 valence electrons. The Morgan fingerprint density at radius 3 is 2.28 bits per heavy atom. The Morgan fingerprint density at radius 2 is 1.83 bits per heavy atom. The largest absolute Gasteiger partial charge is 0.395 e. The highest BCUT2D eigenvalue weighted by Crippen LogP contribution is 2.07. The van der Waals surface area contributed by atoms with E-state index in [1.807, 2.05) is 0 Å². The molecule has 0 aliphatic carbocycles. The van der Waals surface area contributed by atoms with Gasteiger partial charge in [-0.1, -0.05) is 0 Å². The fraction of sp³-hybridized carbons (Fsp3) is 0.500. The van der Waals surface area contributed by atoms with Crippen molar-refractivity contribution in [3.8, 4) is 0 Å². The highest BCUT2D eigenvalue weighted by molar-refractivity contribution is 5.95. The van der Waals surface area contributed by atoms with E-state index in [4.69, 9.17) is 10.2 Å². The van der Waals surface area contributed by atoms with Crippen LogP contribution >= 0.6 is 0 Å². The van der Waals surface area contributed by atoms with Crippen molar-refractivity contribution >= 4 is 5.91 Å². The molecule has 0 aromatic carbocycles. The molecule has 1 aromatic heterocycles. The summed E-state index contributed by atoms with van der Waals surface area (Å²) in [6, 6.07) is 1.71. The highest BCUT2D eigenvalue weighted by atomic mass is 16.3. The second kappa shape index (κ2) is 6.32. The van der Waals surface area contributed by atoms with Crippen LogP contribution in [0, 0.1) is 13.8 Å². The summed E-state index contributed by atoms with van der Waals surface area (Å²) in [6.07, 6.45) is 0. The number of hydrogen-bond donors (Lipinski definition) is 3. The van der Waals surface area contributed by atoms with Crippen LogP contribution in [-0.4, -0.2) is 52.3 Å². The van der Waals surface area contributed by atoms with Gasteiger partial charge in [0.15, 0.2) is 0 Å². The average Bonchev–Trinajstić information content (AvgIpc) is 2.27. The summed E-state index contributed by atoms with van der Waals surface area (Å²) in [6.45, 7) is 3.18. The molecule has 1 amide bonds. The van der Waals surface area contributed by atoms with Gasteiger partial charge in [0.25, 0.3) is 11.5 Å². The van der Waals surface area contributed by atoms with Crippen LogP contribution in [0.1, 0.15) is 21.6 Å². The van der Waals surface area contributed by atoms with Crippen molar-refractivity contribution in [3.63, 3.8) is 0 Å². The number of carbonyl (C=O) groups excluding carboxylic acids is 1. The average molecular weight is 254 g/mol. The SMILES string of the molecule is Cc1cc(C)c(C(=O)N(CCO)CCO)c(=O)[nH]1. The maximum atomic E-state index is 12.2. The monoisotopic (exact) mass is 254 g/mol.